The number of nitrogens with two attached hydrogens (primary N) is 1. The van der Waals surface area contributed by atoms with Gasteiger partial charge in [0.05, 0.1) is 0 Å². The first-order valence-electron chi connectivity index (χ1n) is 5.20. The van der Waals surface area contributed by atoms with Crippen LogP contribution in [0.3, 0.4) is 0 Å². The van der Waals surface area contributed by atoms with Crippen molar-refractivity contribution in [1.82, 2.24) is 25.1 Å². The minimum Gasteiger partial charge on any atom is -0.368 e. The topological polar surface area (TPSA) is 95.7 Å². The predicted molar refractivity (Wildman–Crippen MR) is 63.4 cm³/mol. The standard InChI is InChI=1S/C9H14N6OS/c1-5(2)15-8(10)11-12-9(15)17-4-7-6(3)13-16-14-7/h5H,4H2,1-3H3,(H2,10,11). The van der Waals surface area contributed by atoms with Gasteiger partial charge in [-0.2, -0.15) is 0 Å². The molecule has 2 heterocycles. The number of hydrogen-bond acceptors (Lipinski definition) is 7. The van der Waals surface area contributed by atoms with Gasteiger partial charge >= 0.3 is 0 Å². The van der Waals surface area contributed by atoms with Gasteiger partial charge in [0.15, 0.2) is 5.16 Å². The summed E-state index contributed by atoms with van der Waals surface area (Å²) in [4.78, 5) is 0. The predicted octanol–water partition coefficient (Wildman–Crippen LogP) is 1.42. The van der Waals surface area contributed by atoms with Gasteiger partial charge in [-0.15, -0.1) is 10.2 Å². The van der Waals surface area contributed by atoms with Crippen molar-refractivity contribution in [3.05, 3.63) is 11.4 Å². The number of hydrogen-bond donors (Lipinski definition) is 1. The van der Waals surface area contributed by atoms with Gasteiger partial charge < -0.3 is 5.73 Å². The van der Waals surface area contributed by atoms with Crippen molar-refractivity contribution in [2.24, 2.45) is 0 Å². The summed E-state index contributed by atoms with van der Waals surface area (Å²) in [6, 6.07) is 0.226. The molecule has 7 nitrogen and oxygen atoms in total. The maximum absolute atomic E-state index is 5.75. The average molecular weight is 254 g/mol. The first-order chi connectivity index (χ1) is 8.09. The monoisotopic (exact) mass is 254 g/mol. The fourth-order valence-electron chi connectivity index (χ4n) is 1.39. The Labute approximate surface area is 103 Å². The molecule has 0 fully saturated rings. The lowest BCUT2D eigenvalue weighted by molar-refractivity contribution is 0.302. The van der Waals surface area contributed by atoms with Crippen LogP contribution in [0.5, 0.6) is 0 Å². The largest absolute Gasteiger partial charge is 0.368 e. The fourth-order valence-corrected chi connectivity index (χ4v) is 2.45. The number of rotatable bonds is 4. The highest BCUT2D eigenvalue weighted by molar-refractivity contribution is 7.98. The highest BCUT2D eigenvalue weighted by atomic mass is 32.2. The van der Waals surface area contributed by atoms with Crippen molar-refractivity contribution in [3.8, 4) is 0 Å². The Kier molecular flexibility index (Phi) is 3.32. The first-order valence-corrected chi connectivity index (χ1v) is 6.19. The maximum Gasteiger partial charge on any atom is 0.222 e. The van der Waals surface area contributed by atoms with E-state index in [1.54, 1.807) is 0 Å². The number of aromatic nitrogens is 5. The Morgan fingerprint density at radius 3 is 2.71 bits per heavy atom. The van der Waals surface area contributed by atoms with Gasteiger partial charge in [-0.1, -0.05) is 22.1 Å². The number of thioether (sulfide) groups is 1. The van der Waals surface area contributed by atoms with E-state index in [0.29, 0.717) is 11.7 Å². The van der Waals surface area contributed by atoms with Gasteiger partial charge in [0, 0.05) is 11.8 Å². The molecule has 0 radical (unpaired) electrons. The summed E-state index contributed by atoms with van der Waals surface area (Å²) < 4.78 is 6.52. The molecular weight excluding hydrogens is 240 g/mol. The molecule has 8 heteroatoms. The van der Waals surface area contributed by atoms with Crippen LogP contribution in [0.1, 0.15) is 31.3 Å². The number of aryl methyl sites for hydroxylation is 1. The van der Waals surface area contributed by atoms with E-state index in [2.05, 4.69) is 25.1 Å². The van der Waals surface area contributed by atoms with Crippen LogP contribution < -0.4 is 5.73 Å². The van der Waals surface area contributed by atoms with E-state index < -0.39 is 0 Å². The molecule has 0 saturated carbocycles. The van der Waals surface area contributed by atoms with Crippen molar-refractivity contribution in [2.45, 2.75) is 37.7 Å². The van der Waals surface area contributed by atoms with Crippen LogP contribution in [0.2, 0.25) is 0 Å². The molecule has 0 amide bonds. The molecule has 2 rings (SSSR count). The van der Waals surface area contributed by atoms with Crippen molar-refractivity contribution in [2.75, 3.05) is 5.73 Å². The van der Waals surface area contributed by atoms with E-state index in [1.165, 1.54) is 11.8 Å². The third-order valence-corrected chi connectivity index (χ3v) is 3.25. The minimum atomic E-state index is 0.226. The highest BCUT2D eigenvalue weighted by Gasteiger charge is 2.14. The summed E-state index contributed by atoms with van der Waals surface area (Å²) in [6.07, 6.45) is 0. The van der Waals surface area contributed by atoms with Crippen LogP contribution in [0, 0.1) is 6.92 Å². The lowest BCUT2D eigenvalue weighted by Gasteiger charge is -2.10. The summed E-state index contributed by atoms with van der Waals surface area (Å²) in [6.45, 7) is 5.92. The molecule has 0 bridgehead atoms. The SMILES string of the molecule is Cc1nonc1CSc1nnc(N)n1C(C)C. The lowest BCUT2D eigenvalue weighted by Crippen LogP contribution is -2.07. The Morgan fingerprint density at radius 2 is 2.12 bits per heavy atom. The van der Waals surface area contributed by atoms with Gasteiger partial charge in [-0.3, -0.25) is 4.57 Å². The van der Waals surface area contributed by atoms with Crippen LogP contribution in [-0.4, -0.2) is 25.1 Å². The van der Waals surface area contributed by atoms with E-state index in [4.69, 9.17) is 5.73 Å². The Bertz CT molecular complexity index is 505. The third kappa shape index (κ3) is 2.41. The summed E-state index contributed by atoms with van der Waals surface area (Å²) in [7, 11) is 0. The maximum atomic E-state index is 5.75. The molecule has 0 aliphatic heterocycles. The first kappa shape index (κ1) is 11.9. The summed E-state index contributed by atoms with van der Waals surface area (Å²) in [5.41, 5.74) is 7.36. The normalized spacial score (nSPS) is 11.3. The average Bonchev–Trinajstić information content (AvgIpc) is 2.82. The molecule has 2 aromatic rings. The van der Waals surface area contributed by atoms with Crippen LogP contribution in [0.25, 0.3) is 0 Å². The van der Waals surface area contributed by atoms with E-state index in [0.717, 1.165) is 16.5 Å². The van der Waals surface area contributed by atoms with Gasteiger partial charge in [0.1, 0.15) is 11.4 Å². The van der Waals surface area contributed by atoms with Gasteiger partial charge in [0.2, 0.25) is 5.95 Å². The van der Waals surface area contributed by atoms with Gasteiger partial charge in [-0.05, 0) is 20.8 Å². The molecule has 0 atom stereocenters. The Balaban J connectivity index is 2.12. The Morgan fingerprint density at radius 1 is 1.35 bits per heavy atom. The second-order valence-electron chi connectivity index (χ2n) is 3.89. The van der Waals surface area contributed by atoms with Crippen molar-refractivity contribution in [3.63, 3.8) is 0 Å². The summed E-state index contributed by atoms with van der Waals surface area (Å²) in [5, 5.41) is 16.2. The molecule has 0 aliphatic rings. The number of nitrogens with zero attached hydrogens (tertiary/aromatic N) is 5. The summed E-state index contributed by atoms with van der Waals surface area (Å²) in [5.74, 6) is 1.07. The zero-order chi connectivity index (χ0) is 12.4. The molecule has 0 aromatic carbocycles. The lowest BCUT2D eigenvalue weighted by atomic mass is 10.4. The molecular formula is C9H14N6OS. The van der Waals surface area contributed by atoms with E-state index in [9.17, 15) is 0 Å². The van der Waals surface area contributed by atoms with Crippen LogP contribution in [-0.2, 0) is 5.75 Å². The minimum absolute atomic E-state index is 0.226. The molecule has 0 unspecified atom stereocenters. The third-order valence-electron chi connectivity index (χ3n) is 2.29. The van der Waals surface area contributed by atoms with Gasteiger partial charge in [0.25, 0.3) is 0 Å². The quantitative estimate of drug-likeness (QED) is 0.824. The fraction of sp³-hybridized carbons (Fsp3) is 0.556. The second-order valence-corrected chi connectivity index (χ2v) is 4.83. The molecule has 92 valence electrons. The van der Waals surface area contributed by atoms with Crippen molar-refractivity contribution in [1.29, 1.82) is 0 Å². The van der Waals surface area contributed by atoms with Crippen molar-refractivity contribution < 1.29 is 4.63 Å². The Hall–Kier alpha value is -1.57. The molecule has 2 aromatic heterocycles. The van der Waals surface area contributed by atoms with Gasteiger partial charge in [-0.25, -0.2) is 4.63 Å². The zero-order valence-corrected chi connectivity index (χ0v) is 10.7. The van der Waals surface area contributed by atoms with Crippen molar-refractivity contribution >= 4 is 17.7 Å². The zero-order valence-electron chi connectivity index (χ0n) is 9.91. The van der Waals surface area contributed by atoms with E-state index in [1.807, 2.05) is 25.3 Å². The second kappa shape index (κ2) is 4.74. The molecule has 0 saturated heterocycles. The number of anilines is 1. The number of nitrogen functional groups attached to an aromatic ring is 1. The van der Waals surface area contributed by atoms with Crippen LogP contribution in [0.15, 0.2) is 9.79 Å². The van der Waals surface area contributed by atoms with E-state index >= 15 is 0 Å². The summed E-state index contributed by atoms with van der Waals surface area (Å²) >= 11 is 1.51. The highest BCUT2D eigenvalue weighted by Crippen LogP contribution is 2.25. The van der Waals surface area contributed by atoms with Crippen LogP contribution >= 0.6 is 11.8 Å². The molecule has 0 aliphatic carbocycles. The van der Waals surface area contributed by atoms with E-state index in [-0.39, 0.29) is 6.04 Å². The molecule has 0 spiro atoms. The molecule has 2 N–H and O–H groups in total. The molecule has 17 heavy (non-hydrogen) atoms. The van der Waals surface area contributed by atoms with Crippen LogP contribution in [0.4, 0.5) is 5.95 Å². The smallest absolute Gasteiger partial charge is 0.222 e.